The van der Waals surface area contributed by atoms with Gasteiger partial charge in [-0.05, 0) is 46.1 Å². The summed E-state index contributed by atoms with van der Waals surface area (Å²) in [6, 6.07) is 5.57. The van der Waals surface area contributed by atoms with Gasteiger partial charge in [0.25, 0.3) is 0 Å². The van der Waals surface area contributed by atoms with Gasteiger partial charge in [0.2, 0.25) is 5.91 Å². The van der Waals surface area contributed by atoms with E-state index in [4.69, 9.17) is 5.11 Å². The molecule has 0 unspecified atom stereocenters. The van der Waals surface area contributed by atoms with Gasteiger partial charge in [0, 0.05) is 23.6 Å². The van der Waals surface area contributed by atoms with Crippen LogP contribution in [-0.4, -0.2) is 36.6 Å². The van der Waals surface area contributed by atoms with Crippen molar-refractivity contribution in [3.05, 3.63) is 34.3 Å². The van der Waals surface area contributed by atoms with E-state index < -0.39 is 5.97 Å². The Balaban J connectivity index is 2.20. The van der Waals surface area contributed by atoms with Crippen molar-refractivity contribution in [3.8, 4) is 0 Å². The Morgan fingerprint density at radius 2 is 2.25 bits per heavy atom. The van der Waals surface area contributed by atoms with Gasteiger partial charge in [-0.3, -0.25) is 4.79 Å². The van der Waals surface area contributed by atoms with E-state index in [0.717, 1.165) is 34.8 Å². The smallest absolute Gasteiger partial charge is 0.328 e. The Kier molecular flexibility index (Phi) is 4.79. The molecule has 0 saturated carbocycles. The van der Waals surface area contributed by atoms with Gasteiger partial charge < -0.3 is 15.3 Å². The Hall–Kier alpha value is -1.82. The first-order valence-electron chi connectivity index (χ1n) is 6.28. The van der Waals surface area contributed by atoms with Gasteiger partial charge >= 0.3 is 5.97 Å². The minimum Gasteiger partial charge on any atom is -0.478 e. The number of benzene rings is 1. The average Bonchev–Trinajstić information content (AvgIpc) is 2.61. The molecule has 106 valence electrons. The quantitative estimate of drug-likeness (QED) is 0.825. The van der Waals surface area contributed by atoms with Crippen molar-refractivity contribution >= 4 is 39.6 Å². The lowest BCUT2D eigenvalue weighted by atomic mass is 10.1. The molecule has 1 fully saturated rings. The second-order valence-electron chi connectivity index (χ2n) is 4.51. The van der Waals surface area contributed by atoms with Crippen LogP contribution in [0.25, 0.3) is 6.08 Å². The second kappa shape index (κ2) is 6.56. The molecule has 6 heteroatoms. The van der Waals surface area contributed by atoms with Crippen LogP contribution in [0.1, 0.15) is 12.0 Å². The van der Waals surface area contributed by atoms with Gasteiger partial charge in [-0.15, -0.1) is 0 Å². The summed E-state index contributed by atoms with van der Waals surface area (Å²) in [5, 5.41) is 11.4. The number of nitrogens with zero attached hydrogens (tertiary/aromatic N) is 1. The lowest BCUT2D eigenvalue weighted by molar-refractivity contribution is -0.131. The highest BCUT2D eigenvalue weighted by atomic mass is 79.9. The SMILES string of the molecule is O=C(O)/C=C/c1ccc(N2CCCNC(=O)C2)c(Br)c1. The molecule has 0 radical (unpaired) electrons. The number of carboxylic acids is 1. The monoisotopic (exact) mass is 338 g/mol. The van der Waals surface area contributed by atoms with Crippen molar-refractivity contribution in [2.45, 2.75) is 6.42 Å². The van der Waals surface area contributed by atoms with Gasteiger partial charge in [0.1, 0.15) is 0 Å². The van der Waals surface area contributed by atoms with Gasteiger partial charge in [0.15, 0.2) is 0 Å². The third kappa shape index (κ3) is 3.84. The molecular weight excluding hydrogens is 324 g/mol. The predicted molar refractivity (Wildman–Crippen MR) is 80.7 cm³/mol. The van der Waals surface area contributed by atoms with Crippen LogP contribution >= 0.6 is 15.9 Å². The number of amides is 1. The zero-order valence-corrected chi connectivity index (χ0v) is 12.4. The molecule has 5 nitrogen and oxygen atoms in total. The summed E-state index contributed by atoms with van der Waals surface area (Å²) >= 11 is 3.48. The summed E-state index contributed by atoms with van der Waals surface area (Å²) < 4.78 is 0.847. The van der Waals surface area contributed by atoms with Crippen LogP contribution in [0.3, 0.4) is 0 Å². The van der Waals surface area contributed by atoms with Gasteiger partial charge in [0.05, 0.1) is 12.2 Å². The zero-order valence-electron chi connectivity index (χ0n) is 10.8. The van der Waals surface area contributed by atoms with Gasteiger partial charge in [-0.25, -0.2) is 4.79 Å². The molecule has 0 spiro atoms. The Morgan fingerprint density at radius 1 is 1.45 bits per heavy atom. The fourth-order valence-electron chi connectivity index (χ4n) is 2.06. The van der Waals surface area contributed by atoms with Crippen LogP contribution in [0.2, 0.25) is 0 Å². The average molecular weight is 339 g/mol. The predicted octanol–water partition coefficient (Wildman–Crippen LogP) is 1.87. The summed E-state index contributed by atoms with van der Waals surface area (Å²) in [7, 11) is 0. The van der Waals surface area contributed by atoms with Crippen LogP contribution in [0, 0.1) is 0 Å². The third-order valence-electron chi connectivity index (χ3n) is 2.99. The lowest BCUT2D eigenvalue weighted by Gasteiger charge is -2.22. The molecule has 1 aliphatic heterocycles. The molecule has 1 saturated heterocycles. The van der Waals surface area contributed by atoms with Crippen molar-refractivity contribution in [2.75, 3.05) is 24.5 Å². The minimum absolute atomic E-state index is 0.0178. The molecule has 0 bridgehead atoms. The number of anilines is 1. The number of rotatable bonds is 3. The normalized spacial score (nSPS) is 16.1. The summed E-state index contributed by atoms with van der Waals surface area (Å²) in [6.45, 7) is 1.84. The van der Waals surface area contributed by atoms with E-state index in [1.165, 1.54) is 6.08 Å². The molecule has 0 aliphatic carbocycles. The van der Waals surface area contributed by atoms with Crippen molar-refractivity contribution in [2.24, 2.45) is 0 Å². The highest BCUT2D eigenvalue weighted by Crippen LogP contribution is 2.28. The van der Waals surface area contributed by atoms with Gasteiger partial charge in [-0.1, -0.05) is 6.07 Å². The van der Waals surface area contributed by atoms with Crippen LogP contribution in [0.4, 0.5) is 5.69 Å². The first-order chi connectivity index (χ1) is 9.56. The summed E-state index contributed by atoms with van der Waals surface area (Å²) in [6.07, 6.45) is 3.53. The molecule has 1 amide bonds. The fourth-order valence-corrected chi connectivity index (χ4v) is 2.71. The molecular formula is C14H15BrN2O3. The maximum Gasteiger partial charge on any atom is 0.328 e. The molecule has 0 aromatic heterocycles. The van der Waals surface area contributed by atoms with E-state index in [2.05, 4.69) is 21.2 Å². The topological polar surface area (TPSA) is 69.6 Å². The summed E-state index contributed by atoms with van der Waals surface area (Å²) in [4.78, 5) is 24.1. The summed E-state index contributed by atoms with van der Waals surface area (Å²) in [5.41, 5.74) is 1.73. The number of hydrogen-bond donors (Lipinski definition) is 2. The van der Waals surface area contributed by atoms with Crippen LogP contribution in [-0.2, 0) is 9.59 Å². The van der Waals surface area contributed by atoms with E-state index in [0.29, 0.717) is 13.1 Å². The van der Waals surface area contributed by atoms with Crippen molar-refractivity contribution in [1.82, 2.24) is 5.32 Å². The Morgan fingerprint density at radius 3 is 2.95 bits per heavy atom. The largest absolute Gasteiger partial charge is 0.478 e. The minimum atomic E-state index is -0.977. The van der Waals surface area contributed by atoms with Crippen molar-refractivity contribution in [3.63, 3.8) is 0 Å². The molecule has 1 aromatic rings. The molecule has 2 N–H and O–H groups in total. The fraction of sp³-hybridized carbons (Fsp3) is 0.286. The second-order valence-corrected chi connectivity index (χ2v) is 5.36. The Bertz CT molecular complexity index is 557. The standard InChI is InChI=1S/C14H15BrN2O3/c15-11-8-10(3-5-14(19)20)2-4-12(11)17-7-1-6-16-13(18)9-17/h2-5,8H,1,6-7,9H2,(H,16,18)(H,19,20)/b5-3+. The molecule has 1 aliphatic rings. The van der Waals surface area contributed by atoms with Crippen molar-refractivity contribution in [1.29, 1.82) is 0 Å². The van der Waals surface area contributed by atoms with Crippen LogP contribution < -0.4 is 10.2 Å². The third-order valence-corrected chi connectivity index (χ3v) is 3.63. The van der Waals surface area contributed by atoms with E-state index in [-0.39, 0.29) is 5.91 Å². The number of carbonyl (C=O) groups excluding carboxylic acids is 1. The number of aliphatic carboxylic acids is 1. The molecule has 2 rings (SSSR count). The van der Waals surface area contributed by atoms with Crippen LogP contribution in [0.5, 0.6) is 0 Å². The highest BCUT2D eigenvalue weighted by Gasteiger charge is 2.16. The first kappa shape index (κ1) is 14.6. The van der Waals surface area contributed by atoms with Gasteiger partial charge in [-0.2, -0.15) is 0 Å². The maximum atomic E-state index is 11.6. The zero-order chi connectivity index (χ0) is 14.5. The van der Waals surface area contributed by atoms with E-state index in [9.17, 15) is 9.59 Å². The number of carbonyl (C=O) groups is 2. The maximum absolute atomic E-state index is 11.6. The van der Waals surface area contributed by atoms with Crippen LogP contribution in [0.15, 0.2) is 28.7 Å². The molecule has 0 atom stereocenters. The number of hydrogen-bond acceptors (Lipinski definition) is 3. The highest BCUT2D eigenvalue weighted by molar-refractivity contribution is 9.10. The van der Waals surface area contributed by atoms with E-state index >= 15 is 0 Å². The van der Waals surface area contributed by atoms with Crippen molar-refractivity contribution < 1.29 is 14.7 Å². The lowest BCUT2D eigenvalue weighted by Crippen LogP contribution is -2.33. The number of halogens is 1. The van der Waals surface area contributed by atoms with E-state index in [1.54, 1.807) is 0 Å². The molecule has 1 aromatic carbocycles. The number of nitrogens with one attached hydrogen (secondary N) is 1. The molecule has 1 heterocycles. The summed E-state index contributed by atoms with van der Waals surface area (Å²) in [5.74, 6) is -0.960. The first-order valence-corrected chi connectivity index (χ1v) is 7.08. The molecule has 20 heavy (non-hydrogen) atoms. The Labute approximate surface area is 125 Å². The van der Waals surface area contributed by atoms with E-state index in [1.807, 2.05) is 23.1 Å². The number of carboxylic acid groups (broad SMARTS) is 1.